The van der Waals surface area contributed by atoms with E-state index in [4.69, 9.17) is 0 Å². The highest BCUT2D eigenvalue weighted by molar-refractivity contribution is 8.00. The van der Waals surface area contributed by atoms with Crippen LogP contribution in [0.1, 0.15) is 0 Å². The van der Waals surface area contributed by atoms with Crippen LogP contribution in [0.4, 0.5) is 18.9 Å². The molecule has 1 atom stereocenters. The summed E-state index contributed by atoms with van der Waals surface area (Å²) in [7, 11) is 0. The van der Waals surface area contributed by atoms with Gasteiger partial charge in [0.1, 0.15) is 5.75 Å². The Hall–Kier alpha value is -1.44. The van der Waals surface area contributed by atoms with E-state index in [1.165, 1.54) is 6.07 Å². The average Bonchev–Trinajstić information content (AvgIpc) is 2.18. The number of benzene rings is 1. The first-order valence-electron chi connectivity index (χ1n) is 4.06. The maximum absolute atomic E-state index is 12.9. The summed E-state index contributed by atoms with van der Waals surface area (Å²) in [5.41, 5.74) is -2.89. The van der Waals surface area contributed by atoms with E-state index < -0.39 is 16.5 Å². The summed E-state index contributed by atoms with van der Waals surface area (Å²) < 4.78 is 42.6. The molecule has 1 aliphatic rings. The SMILES string of the molecule is O=[N+]([O-])c1ccc2c(c1)OC(F)(F)C(F)S2. The molecule has 0 saturated carbocycles. The summed E-state index contributed by atoms with van der Waals surface area (Å²) in [5.74, 6) is -0.377. The largest absolute Gasteiger partial charge is 0.440 e. The molecular weight excluding hydrogens is 247 g/mol. The van der Waals surface area contributed by atoms with Crippen molar-refractivity contribution in [2.45, 2.75) is 16.5 Å². The van der Waals surface area contributed by atoms with Crippen LogP contribution in [0.5, 0.6) is 5.75 Å². The van der Waals surface area contributed by atoms with Crippen LogP contribution >= 0.6 is 11.8 Å². The first kappa shape index (κ1) is 11.1. The minimum absolute atomic E-state index is 0.115. The van der Waals surface area contributed by atoms with E-state index in [0.717, 1.165) is 12.1 Å². The van der Waals surface area contributed by atoms with Crippen LogP contribution in [0.15, 0.2) is 23.1 Å². The summed E-state index contributed by atoms with van der Waals surface area (Å²) in [4.78, 5) is 9.77. The minimum Gasteiger partial charge on any atom is -0.428 e. The number of nitrogens with zero attached hydrogens (tertiary/aromatic N) is 1. The zero-order chi connectivity index (χ0) is 11.9. The van der Waals surface area contributed by atoms with Gasteiger partial charge in [-0.25, -0.2) is 4.39 Å². The summed E-state index contributed by atoms with van der Waals surface area (Å²) in [6.45, 7) is 0. The van der Waals surface area contributed by atoms with Crippen molar-refractivity contribution in [1.82, 2.24) is 0 Å². The van der Waals surface area contributed by atoms with Crippen LogP contribution in [0.3, 0.4) is 0 Å². The van der Waals surface area contributed by atoms with Crippen molar-refractivity contribution in [2.24, 2.45) is 0 Å². The molecule has 16 heavy (non-hydrogen) atoms. The number of thioether (sulfide) groups is 1. The van der Waals surface area contributed by atoms with Crippen molar-refractivity contribution in [3.8, 4) is 5.75 Å². The molecule has 1 aromatic rings. The molecule has 2 rings (SSSR count). The Kier molecular flexibility index (Phi) is 2.45. The number of non-ortho nitro benzene ring substituents is 1. The number of halogens is 3. The molecule has 0 aromatic heterocycles. The highest BCUT2D eigenvalue weighted by atomic mass is 32.2. The zero-order valence-electron chi connectivity index (χ0n) is 7.52. The fourth-order valence-electron chi connectivity index (χ4n) is 1.16. The molecule has 0 radical (unpaired) electrons. The van der Waals surface area contributed by atoms with Gasteiger partial charge in [-0.2, -0.15) is 8.78 Å². The smallest absolute Gasteiger partial charge is 0.428 e. The second-order valence-corrected chi connectivity index (χ2v) is 4.08. The van der Waals surface area contributed by atoms with Gasteiger partial charge >= 0.3 is 6.11 Å². The zero-order valence-corrected chi connectivity index (χ0v) is 8.34. The van der Waals surface area contributed by atoms with Crippen LogP contribution in [0.2, 0.25) is 0 Å². The lowest BCUT2D eigenvalue weighted by Crippen LogP contribution is -2.36. The number of hydrogen-bond donors (Lipinski definition) is 0. The van der Waals surface area contributed by atoms with Gasteiger partial charge in [0.05, 0.1) is 15.9 Å². The van der Waals surface area contributed by atoms with E-state index in [2.05, 4.69) is 4.74 Å². The van der Waals surface area contributed by atoms with E-state index in [0.29, 0.717) is 0 Å². The van der Waals surface area contributed by atoms with E-state index in [1.54, 1.807) is 0 Å². The number of rotatable bonds is 1. The van der Waals surface area contributed by atoms with Gasteiger partial charge in [0.2, 0.25) is 0 Å². The normalized spacial score (nSPS) is 22.1. The van der Waals surface area contributed by atoms with Crippen LogP contribution in [0.25, 0.3) is 0 Å². The molecule has 0 fully saturated rings. The predicted octanol–water partition coefficient (Wildman–Crippen LogP) is 2.97. The number of alkyl halides is 3. The molecule has 0 saturated heterocycles. The van der Waals surface area contributed by atoms with Crippen molar-refractivity contribution in [2.75, 3.05) is 0 Å². The molecule has 8 heteroatoms. The Balaban J connectivity index is 2.42. The lowest BCUT2D eigenvalue weighted by Gasteiger charge is -2.27. The third kappa shape index (κ3) is 1.80. The van der Waals surface area contributed by atoms with Gasteiger partial charge in [-0.1, -0.05) is 11.8 Å². The van der Waals surface area contributed by atoms with Crippen molar-refractivity contribution < 1.29 is 22.8 Å². The third-order valence-corrected chi connectivity index (χ3v) is 2.95. The lowest BCUT2D eigenvalue weighted by atomic mass is 10.3. The Morgan fingerprint density at radius 1 is 1.50 bits per heavy atom. The quantitative estimate of drug-likeness (QED) is 0.568. The monoisotopic (exact) mass is 251 g/mol. The maximum atomic E-state index is 12.9. The fourth-order valence-corrected chi connectivity index (χ4v) is 1.93. The van der Waals surface area contributed by atoms with Crippen molar-refractivity contribution >= 4 is 17.4 Å². The van der Waals surface area contributed by atoms with Gasteiger partial charge in [-0.05, 0) is 6.07 Å². The topological polar surface area (TPSA) is 52.4 Å². The maximum Gasteiger partial charge on any atom is 0.440 e. The van der Waals surface area contributed by atoms with Crippen LogP contribution in [-0.4, -0.2) is 16.5 Å². The van der Waals surface area contributed by atoms with Gasteiger partial charge in [-0.15, -0.1) is 0 Å². The molecule has 0 aliphatic carbocycles. The summed E-state index contributed by atoms with van der Waals surface area (Å²) in [6.07, 6.45) is -3.97. The van der Waals surface area contributed by atoms with Gasteiger partial charge in [0, 0.05) is 6.07 Å². The Labute approximate surface area is 91.5 Å². The van der Waals surface area contributed by atoms with Crippen molar-refractivity contribution in [3.05, 3.63) is 28.3 Å². The Morgan fingerprint density at radius 2 is 2.19 bits per heavy atom. The molecule has 86 valence electrons. The summed E-state index contributed by atoms with van der Waals surface area (Å²) >= 11 is 0.275. The summed E-state index contributed by atoms with van der Waals surface area (Å²) in [5, 5.41) is 10.4. The molecular formula is C8H4F3NO3S. The number of nitro groups is 1. The van der Waals surface area contributed by atoms with Gasteiger partial charge in [0.25, 0.3) is 11.2 Å². The first-order chi connectivity index (χ1) is 7.40. The van der Waals surface area contributed by atoms with Gasteiger partial charge in [-0.3, -0.25) is 10.1 Å². The standard InChI is InChI=1S/C8H4F3NO3S/c9-7-8(10,11)15-5-3-4(12(13)14)1-2-6(5)16-7/h1-3,7H. The Morgan fingerprint density at radius 3 is 2.81 bits per heavy atom. The van der Waals surface area contributed by atoms with Crippen LogP contribution in [-0.2, 0) is 0 Å². The molecule has 1 aromatic carbocycles. The fraction of sp³-hybridized carbons (Fsp3) is 0.250. The molecule has 1 aliphatic heterocycles. The highest BCUT2D eigenvalue weighted by Gasteiger charge is 2.48. The van der Waals surface area contributed by atoms with Crippen molar-refractivity contribution in [1.29, 1.82) is 0 Å². The van der Waals surface area contributed by atoms with Gasteiger partial charge in [0.15, 0.2) is 0 Å². The predicted molar refractivity (Wildman–Crippen MR) is 49.4 cm³/mol. The van der Waals surface area contributed by atoms with E-state index >= 15 is 0 Å². The van der Waals surface area contributed by atoms with E-state index in [9.17, 15) is 23.3 Å². The van der Waals surface area contributed by atoms with Crippen LogP contribution in [0, 0.1) is 10.1 Å². The summed E-state index contributed by atoms with van der Waals surface area (Å²) in [6, 6.07) is 3.13. The second kappa shape index (κ2) is 3.55. The second-order valence-electron chi connectivity index (χ2n) is 2.99. The number of hydrogen-bond acceptors (Lipinski definition) is 4. The molecule has 0 N–H and O–H groups in total. The number of fused-ring (bicyclic) bond motifs is 1. The Bertz CT molecular complexity index is 454. The molecule has 0 spiro atoms. The molecule has 4 nitrogen and oxygen atoms in total. The van der Waals surface area contributed by atoms with Crippen LogP contribution < -0.4 is 4.74 Å². The minimum atomic E-state index is -3.97. The first-order valence-corrected chi connectivity index (χ1v) is 4.94. The van der Waals surface area contributed by atoms with E-state index in [-0.39, 0.29) is 28.1 Å². The number of ether oxygens (including phenoxy) is 1. The lowest BCUT2D eigenvalue weighted by molar-refractivity contribution is -0.385. The molecule has 0 bridgehead atoms. The highest BCUT2D eigenvalue weighted by Crippen LogP contribution is 2.47. The van der Waals surface area contributed by atoms with Crippen molar-refractivity contribution in [3.63, 3.8) is 0 Å². The molecule has 0 amide bonds. The van der Waals surface area contributed by atoms with E-state index in [1.807, 2.05) is 0 Å². The van der Waals surface area contributed by atoms with Gasteiger partial charge < -0.3 is 4.74 Å². The third-order valence-electron chi connectivity index (χ3n) is 1.88. The number of nitro benzene ring substituents is 1. The molecule has 1 unspecified atom stereocenters. The molecule has 1 heterocycles. The average molecular weight is 251 g/mol.